The predicted molar refractivity (Wildman–Crippen MR) is 42.5 cm³/mol. The molecule has 0 bridgehead atoms. The van der Waals surface area contributed by atoms with Crippen molar-refractivity contribution in [1.82, 2.24) is 0 Å². The van der Waals surface area contributed by atoms with Crippen molar-refractivity contribution in [3.05, 3.63) is 23.6 Å². The Bertz CT molecular complexity index is 114. The van der Waals surface area contributed by atoms with Crippen LogP contribution in [0.1, 0.15) is 13.3 Å². The van der Waals surface area contributed by atoms with Crippen molar-refractivity contribution in [1.29, 1.82) is 0 Å². The van der Waals surface area contributed by atoms with Crippen LogP contribution in [0.3, 0.4) is 0 Å². The van der Waals surface area contributed by atoms with E-state index in [2.05, 4.69) is 19.2 Å². The van der Waals surface area contributed by atoms with Crippen LogP contribution in [0.25, 0.3) is 0 Å². The molecule has 0 aromatic rings. The summed E-state index contributed by atoms with van der Waals surface area (Å²) in [6.45, 7) is 5.13. The third-order valence-electron chi connectivity index (χ3n) is 0.894. The Morgan fingerprint density at radius 2 is 2.44 bits per heavy atom. The average molecular weight is 146 g/mol. The fourth-order valence-corrected chi connectivity index (χ4v) is 0.485. The largest absolute Gasteiger partial charge is 0.243 e. The minimum atomic E-state index is -0.924. The molecule has 0 amide bonds. The van der Waals surface area contributed by atoms with Gasteiger partial charge >= 0.3 is 0 Å². The van der Waals surface area contributed by atoms with Gasteiger partial charge in [0.05, 0.1) is 0 Å². The standard InChI is InChI=1S/C7H11FS/c1-3-7(8)5-4-6(2)9/h3-4,7,9H,1,5H2,2H3/b6-4+. The van der Waals surface area contributed by atoms with Crippen molar-refractivity contribution < 1.29 is 4.39 Å². The van der Waals surface area contributed by atoms with Crippen molar-refractivity contribution in [3.8, 4) is 0 Å². The Balaban J connectivity index is 3.49. The molecule has 0 aliphatic carbocycles. The maximum absolute atomic E-state index is 12.3. The highest BCUT2D eigenvalue weighted by molar-refractivity contribution is 7.84. The molecule has 0 spiro atoms. The number of allylic oxidation sites excluding steroid dienone is 3. The lowest BCUT2D eigenvalue weighted by atomic mass is 10.2. The van der Waals surface area contributed by atoms with E-state index >= 15 is 0 Å². The van der Waals surface area contributed by atoms with Gasteiger partial charge in [-0.3, -0.25) is 0 Å². The van der Waals surface area contributed by atoms with Gasteiger partial charge in [-0.2, -0.15) is 0 Å². The van der Waals surface area contributed by atoms with Crippen molar-refractivity contribution in [2.24, 2.45) is 0 Å². The monoisotopic (exact) mass is 146 g/mol. The second-order valence-electron chi connectivity index (χ2n) is 1.83. The van der Waals surface area contributed by atoms with Gasteiger partial charge in [0.2, 0.25) is 0 Å². The molecule has 0 saturated heterocycles. The third kappa shape index (κ3) is 5.63. The average Bonchev–Trinajstić information content (AvgIpc) is 1.83. The maximum atomic E-state index is 12.3. The molecule has 1 atom stereocenters. The van der Waals surface area contributed by atoms with Crippen LogP contribution in [0.4, 0.5) is 4.39 Å². The number of thiol groups is 1. The lowest BCUT2D eigenvalue weighted by Gasteiger charge is -1.94. The zero-order chi connectivity index (χ0) is 7.28. The molecule has 1 unspecified atom stereocenters. The van der Waals surface area contributed by atoms with Gasteiger partial charge in [0.1, 0.15) is 6.17 Å². The number of alkyl halides is 1. The maximum Gasteiger partial charge on any atom is 0.121 e. The van der Waals surface area contributed by atoms with Crippen molar-refractivity contribution in [2.45, 2.75) is 19.5 Å². The van der Waals surface area contributed by atoms with E-state index in [1.54, 1.807) is 6.08 Å². The molecule has 0 aliphatic rings. The highest BCUT2D eigenvalue weighted by Gasteiger charge is 1.94. The van der Waals surface area contributed by atoms with Crippen molar-refractivity contribution in [2.75, 3.05) is 0 Å². The first kappa shape index (κ1) is 8.76. The number of rotatable bonds is 3. The third-order valence-corrected chi connectivity index (χ3v) is 1.08. The normalized spacial score (nSPS) is 15.2. The van der Waals surface area contributed by atoms with Crippen LogP contribution < -0.4 is 0 Å². The van der Waals surface area contributed by atoms with Crippen LogP contribution in [0.2, 0.25) is 0 Å². The summed E-state index contributed by atoms with van der Waals surface area (Å²) in [6, 6.07) is 0. The van der Waals surface area contributed by atoms with Gasteiger partial charge in [-0.05, 0) is 11.8 Å². The number of halogens is 1. The molecule has 0 aromatic carbocycles. The van der Waals surface area contributed by atoms with Gasteiger partial charge in [-0.15, -0.1) is 19.2 Å². The van der Waals surface area contributed by atoms with E-state index in [1.807, 2.05) is 6.92 Å². The molecule has 9 heavy (non-hydrogen) atoms. The topological polar surface area (TPSA) is 0 Å². The van der Waals surface area contributed by atoms with E-state index in [0.717, 1.165) is 4.91 Å². The van der Waals surface area contributed by atoms with Crippen LogP contribution in [-0.4, -0.2) is 6.17 Å². The Kier molecular flexibility index (Phi) is 4.50. The van der Waals surface area contributed by atoms with Gasteiger partial charge in [-0.1, -0.05) is 12.2 Å². The molecular weight excluding hydrogens is 135 g/mol. The zero-order valence-electron chi connectivity index (χ0n) is 5.47. The fourth-order valence-electron chi connectivity index (χ4n) is 0.379. The van der Waals surface area contributed by atoms with Crippen LogP contribution in [0, 0.1) is 0 Å². The molecule has 0 aromatic heterocycles. The predicted octanol–water partition coefficient (Wildman–Crippen LogP) is 2.73. The van der Waals surface area contributed by atoms with Crippen LogP contribution in [0.5, 0.6) is 0 Å². The molecule has 0 heterocycles. The first-order valence-electron chi connectivity index (χ1n) is 2.79. The summed E-state index contributed by atoms with van der Waals surface area (Å²) >= 11 is 3.97. The minimum Gasteiger partial charge on any atom is -0.243 e. The summed E-state index contributed by atoms with van der Waals surface area (Å²) in [6.07, 6.45) is 2.48. The van der Waals surface area contributed by atoms with Gasteiger partial charge in [0.25, 0.3) is 0 Å². The number of hydrogen-bond acceptors (Lipinski definition) is 1. The Labute approximate surface area is 60.9 Å². The number of hydrogen-bond donors (Lipinski definition) is 1. The van der Waals surface area contributed by atoms with Crippen LogP contribution in [0.15, 0.2) is 23.6 Å². The summed E-state index contributed by atoms with van der Waals surface area (Å²) in [4.78, 5) is 0.847. The smallest absolute Gasteiger partial charge is 0.121 e. The van der Waals surface area contributed by atoms with Gasteiger partial charge in [0.15, 0.2) is 0 Å². The lowest BCUT2D eigenvalue weighted by Crippen LogP contribution is -1.89. The second kappa shape index (κ2) is 4.62. The Morgan fingerprint density at radius 3 is 2.78 bits per heavy atom. The van der Waals surface area contributed by atoms with E-state index in [4.69, 9.17) is 0 Å². The summed E-state index contributed by atoms with van der Waals surface area (Å²) in [5.41, 5.74) is 0. The molecule has 0 fully saturated rings. The van der Waals surface area contributed by atoms with Crippen LogP contribution >= 0.6 is 12.6 Å². The zero-order valence-corrected chi connectivity index (χ0v) is 6.37. The molecule has 0 nitrogen and oxygen atoms in total. The summed E-state index contributed by atoms with van der Waals surface area (Å²) in [5, 5.41) is 0. The fraction of sp³-hybridized carbons (Fsp3) is 0.429. The minimum absolute atomic E-state index is 0.388. The SMILES string of the molecule is C=CC(F)C/C=C(\C)S. The quantitative estimate of drug-likeness (QED) is 0.459. The van der Waals surface area contributed by atoms with Gasteiger partial charge < -0.3 is 0 Å². The summed E-state index contributed by atoms with van der Waals surface area (Å²) < 4.78 is 12.3. The molecule has 2 heteroatoms. The van der Waals surface area contributed by atoms with Gasteiger partial charge in [-0.25, -0.2) is 4.39 Å². The molecule has 0 saturated carbocycles. The molecule has 52 valence electrons. The van der Waals surface area contributed by atoms with E-state index < -0.39 is 6.17 Å². The second-order valence-corrected chi connectivity index (χ2v) is 2.54. The molecule has 0 rings (SSSR count). The van der Waals surface area contributed by atoms with Crippen molar-refractivity contribution in [3.63, 3.8) is 0 Å². The highest BCUT2D eigenvalue weighted by Crippen LogP contribution is 2.05. The Hall–Kier alpha value is -0.240. The van der Waals surface area contributed by atoms with E-state index in [0.29, 0.717) is 6.42 Å². The summed E-state index contributed by atoms with van der Waals surface area (Å²) in [7, 11) is 0. The molecule has 0 N–H and O–H groups in total. The first-order valence-corrected chi connectivity index (χ1v) is 3.24. The Morgan fingerprint density at radius 1 is 1.89 bits per heavy atom. The van der Waals surface area contributed by atoms with Crippen molar-refractivity contribution >= 4 is 12.6 Å². The van der Waals surface area contributed by atoms with E-state index in [9.17, 15) is 4.39 Å². The highest BCUT2D eigenvalue weighted by atomic mass is 32.1. The van der Waals surface area contributed by atoms with Gasteiger partial charge in [0, 0.05) is 6.42 Å². The van der Waals surface area contributed by atoms with E-state index in [1.165, 1.54) is 6.08 Å². The lowest BCUT2D eigenvalue weighted by molar-refractivity contribution is 0.404. The van der Waals surface area contributed by atoms with E-state index in [-0.39, 0.29) is 0 Å². The molecule has 0 radical (unpaired) electrons. The molecular formula is C7H11FS. The van der Waals surface area contributed by atoms with Crippen LogP contribution in [-0.2, 0) is 0 Å². The first-order chi connectivity index (χ1) is 4.16. The summed E-state index contributed by atoms with van der Waals surface area (Å²) in [5.74, 6) is 0. The molecule has 0 aliphatic heterocycles.